The van der Waals surface area contributed by atoms with E-state index in [2.05, 4.69) is 17.0 Å². The number of benzene rings is 1. The molecule has 2 aliphatic heterocycles. The first-order valence-corrected chi connectivity index (χ1v) is 9.31. The molecule has 0 aliphatic carbocycles. The van der Waals surface area contributed by atoms with Gasteiger partial charge in [-0.1, -0.05) is 36.8 Å². The summed E-state index contributed by atoms with van der Waals surface area (Å²) in [5.74, 6) is -0.00364. The Bertz CT molecular complexity index is 558. The molecule has 2 nitrogen and oxygen atoms in total. The van der Waals surface area contributed by atoms with Crippen molar-refractivity contribution in [3.05, 3.63) is 35.9 Å². The van der Waals surface area contributed by atoms with Crippen molar-refractivity contribution in [1.82, 2.24) is 4.90 Å². The van der Waals surface area contributed by atoms with Crippen molar-refractivity contribution in [2.24, 2.45) is 5.92 Å². The third kappa shape index (κ3) is 5.06. The summed E-state index contributed by atoms with van der Waals surface area (Å²) in [7, 11) is 0. The van der Waals surface area contributed by atoms with Crippen LogP contribution in [0.3, 0.4) is 0 Å². The summed E-state index contributed by atoms with van der Waals surface area (Å²) < 4.78 is 36.8. The van der Waals surface area contributed by atoms with Crippen LogP contribution in [0.25, 0.3) is 0 Å². The van der Waals surface area contributed by atoms with Crippen LogP contribution in [0.4, 0.5) is 13.2 Å². The highest BCUT2D eigenvalue weighted by Crippen LogP contribution is 2.39. The summed E-state index contributed by atoms with van der Waals surface area (Å²) in [4.78, 5) is 14.9. The van der Waals surface area contributed by atoms with Crippen LogP contribution in [0.1, 0.15) is 56.9 Å². The molecular weight excluding hydrogens is 327 g/mol. The van der Waals surface area contributed by atoms with Gasteiger partial charge in [-0.05, 0) is 37.7 Å². The van der Waals surface area contributed by atoms with E-state index in [4.69, 9.17) is 0 Å². The Balaban J connectivity index is 1.56. The highest BCUT2D eigenvalue weighted by molar-refractivity contribution is 5.81. The second kappa shape index (κ2) is 7.90. The van der Waals surface area contributed by atoms with Crippen LogP contribution in [-0.4, -0.2) is 28.9 Å². The summed E-state index contributed by atoms with van der Waals surface area (Å²) in [5.41, 5.74) is 1.29. The molecule has 2 fully saturated rings. The minimum absolute atomic E-state index is 0.0421. The fourth-order valence-corrected chi connectivity index (χ4v) is 4.46. The Morgan fingerprint density at radius 2 is 1.72 bits per heavy atom. The zero-order valence-corrected chi connectivity index (χ0v) is 14.5. The number of hydrogen-bond acceptors (Lipinski definition) is 2. The number of halogens is 3. The molecule has 2 saturated heterocycles. The van der Waals surface area contributed by atoms with E-state index >= 15 is 0 Å². The van der Waals surface area contributed by atoms with Gasteiger partial charge in [-0.25, -0.2) is 0 Å². The molecule has 0 radical (unpaired) electrons. The van der Waals surface area contributed by atoms with Crippen molar-refractivity contribution in [2.75, 3.05) is 0 Å². The number of ketones is 1. The van der Waals surface area contributed by atoms with Crippen LogP contribution in [-0.2, 0) is 11.3 Å². The van der Waals surface area contributed by atoms with Crippen molar-refractivity contribution in [1.29, 1.82) is 0 Å². The van der Waals surface area contributed by atoms with E-state index in [0.717, 1.165) is 32.2 Å². The third-order valence-electron chi connectivity index (χ3n) is 5.67. The predicted molar refractivity (Wildman–Crippen MR) is 91.0 cm³/mol. The first-order chi connectivity index (χ1) is 11.9. The number of carbonyl (C=O) groups is 1. The Hall–Kier alpha value is -1.36. The Morgan fingerprint density at radius 3 is 2.32 bits per heavy atom. The van der Waals surface area contributed by atoms with Gasteiger partial charge in [-0.2, -0.15) is 13.2 Å². The number of rotatable bonds is 6. The van der Waals surface area contributed by atoms with Crippen LogP contribution in [0.2, 0.25) is 0 Å². The minimum Gasteiger partial charge on any atom is -0.299 e. The van der Waals surface area contributed by atoms with Crippen LogP contribution in [0.15, 0.2) is 30.3 Å². The maximum Gasteiger partial charge on any atom is 0.389 e. The largest absolute Gasteiger partial charge is 0.389 e. The predicted octanol–water partition coefficient (Wildman–Crippen LogP) is 5.12. The number of nitrogens with zero attached hydrogens (tertiary/aromatic N) is 1. The van der Waals surface area contributed by atoms with Gasteiger partial charge in [-0.3, -0.25) is 9.69 Å². The van der Waals surface area contributed by atoms with Crippen LogP contribution in [0, 0.1) is 5.92 Å². The molecule has 2 bridgehead atoms. The lowest BCUT2D eigenvalue weighted by Crippen LogP contribution is -2.52. The van der Waals surface area contributed by atoms with Gasteiger partial charge in [0, 0.05) is 37.4 Å². The number of Topliss-reactive ketones (excluding diaryl/α,β-unsaturated/α-hetero) is 1. The molecule has 5 heteroatoms. The maximum atomic E-state index is 12.4. The summed E-state index contributed by atoms with van der Waals surface area (Å²) in [6.45, 7) is 0.908. The van der Waals surface area contributed by atoms with E-state index in [1.807, 2.05) is 18.2 Å². The van der Waals surface area contributed by atoms with E-state index in [1.54, 1.807) is 0 Å². The molecule has 2 aliphatic rings. The van der Waals surface area contributed by atoms with Crippen molar-refractivity contribution in [3.63, 3.8) is 0 Å². The average Bonchev–Trinajstić information content (AvgIpc) is 2.54. The standard InChI is InChI=1S/C20H26F3NO/c21-20(22,23)11-5-10-19(25)16-12-17-8-4-9-18(13-16)24(17)14-15-6-2-1-3-7-15/h1-3,6-7,16-18H,4-5,8-14H2. The second-order valence-electron chi connectivity index (χ2n) is 7.50. The van der Waals surface area contributed by atoms with Crippen molar-refractivity contribution in [2.45, 2.75) is 76.2 Å². The molecule has 2 unspecified atom stereocenters. The molecule has 0 N–H and O–H groups in total. The lowest BCUT2D eigenvalue weighted by molar-refractivity contribution is -0.138. The number of hydrogen-bond donors (Lipinski definition) is 0. The zero-order valence-electron chi connectivity index (χ0n) is 14.5. The van der Waals surface area contributed by atoms with Gasteiger partial charge in [-0.15, -0.1) is 0 Å². The Kier molecular flexibility index (Phi) is 5.82. The molecule has 0 saturated carbocycles. The lowest BCUT2D eigenvalue weighted by atomic mass is 9.76. The molecule has 1 aromatic rings. The molecule has 0 amide bonds. The van der Waals surface area contributed by atoms with Gasteiger partial charge < -0.3 is 0 Å². The van der Waals surface area contributed by atoms with Gasteiger partial charge in [0.1, 0.15) is 5.78 Å². The van der Waals surface area contributed by atoms with Crippen LogP contribution >= 0.6 is 0 Å². The number of carbonyl (C=O) groups excluding carboxylic acids is 1. The normalized spacial score (nSPS) is 27.2. The fourth-order valence-electron chi connectivity index (χ4n) is 4.46. The molecular formula is C20H26F3NO. The van der Waals surface area contributed by atoms with E-state index in [1.165, 1.54) is 12.0 Å². The highest BCUT2D eigenvalue weighted by atomic mass is 19.4. The smallest absolute Gasteiger partial charge is 0.299 e. The molecule has 3 rings (SSSR count). The summed E-state index contributed by atoms with van der Waals surface area (Å²) in [6.07, 6.45) is 0.00177. The third-order valence-corrected chi connectivity index (χ3v) is 5.67. The summed E-state index contributed by atoms with van der Waals surface area (Å²) >= 11 is 0. The fraction of sp³-hybridized carbons (Fsp3) is 0.650. The first kappa shape index (κ1) is 18.4. The minimum atomic E-state index is -4.16. The van der Waals surface area contributed by atoms with Gasteiger partial charge in [0.15, 0.2) is 0 Å². The maximum absolute atomic E-state index is 12.4. The molecule has 138 valence electrons. The monoisotopic (exact) mass is 353 g/mol. The van der Waals surface area contributed by atoms with E-state index in [-0.39, 0.29) is 24.5 Å². The topological polar surface area (TPSA) is 20.3 Å². The quantitative estimate of drug-likeness (QED) is 0.707. The van der Waals surface area contributed by atoms with Crippen molar-refractivity contribution in [3.8, 4) is 0 Å². The van der Waals surface area contributed by atoms with Crippen molar-refractivity contribution < 1.29 is 18.0 Å². The van der Waals surface area contributed by atoms with Gasteiger partial charge in [0.05, 0.1) is 0 Å². The number of piperidine rings is 2. The lowest BCUT2D eigenvalue weighted by Gasteiger charge is -2.48. The highest BCUT2D eigenvalue weighted by Gasteiger charge is 2.40. The molecule has 2 heterocycles. The zero-order chi connectivity index (χ0) is 17.9. The number of alkyl halides is 3. The molecule has 2 atom stereocenters. The molecule has 0 aromatic heterocycles. The molecule has 1 aromatic carbocycles. The Morgan fingerprint density at radius 1 is 1.08 bits per heavy atom. The van der Waals surface area contributed by atoms with E-state index in [0.29, 0.717) is 12.1 Å². The van der Waals surface area contributed by atoms with E-state index < -0.39 is 12.6 Å². The first-order valence-electron chi connectivity index (χ1n) is 9.31. The summed E-state index contributed by atoms with van der Waals surface area (Å²) in [5, 5.41) is 0. The molecule has 0 spiro atoms. The van der Waals surface area contributed by atoms with Crippen LogP contribution in [0.5, 0.6) is 0 Å². The van der Waals surface area contributed by atoms with Gasteiger partial charge in [0.25, 0.3) is 0 Å². The van der Waals surface area contributed by atoms with Gasteiger partial charge in [0.2, 0.25) is 0 Å². The SMILES string of the molecule is O=C(CCCC(F)(F)F)C1CC2CCCC(C1)N2Cc1ccccc1. The van der Waals surface area contributed by atoms with E-state index in [9.17, 15) is 18.0 Å². The number of fused-ring (bicyclic) bond motifs is 2. The average molecular weight is 353 g/mol. The van der Waals surface area contributed by atoms with Crippen LogP contribution < -0.4 is 0 Å². The summed E-state index contributed by atoms with van der Waals surface area (Å²) in [6, 6.07) is 11.1. The Labute approximate surface area is 147 Å². The van der Waals surface area contributed by atoms with Crippen molar-refractivity contribution >= 4 is 5.78 Å². The van der Waals surface area contributed by atoms with Gasteiger partial charge >= 0.3 is 6.18 Å². The second-order valence-corrected chi connectivity index (χ2v) is 7.50. The molecule has 25 heavy (non-hydrogen) atoms.